The van der Waals surface area contributed by atoms with Gasteiger partial charge in [-0.2, -0.15) is 18.3 Å². The van der Waals surface area contributed by atoms with Crippen molar-refractivity contribution in [3.8, 4) is 23.0 Å². The van der Waals surface area contributed by atoms with Gasteiger partial charge in [0.15, 0.2) is 0 Å². The molecule has 0 atom stereocenters. The van der Waals surface area contributed by atoms with Gasteiger partial charge in [0.25, 0.3) is 0 Å². The summed E-state index contributed by atoms with van der Waals surface area (Å²) in [5.74, 6) is 0.645. The number of benzene rings is 2. The van der Waals surface area contributed by atoms with Gasteiger partial charge in [-0.05, 0) is 36.4 Å². The maximum Gasteiger partial charge on any atom is 0.417 e. The van der Waals surface area contributed by atoms with Crippen molar-refractivity contribution in [1.82, 2.24) is 19.7 Å². The van der Waals surface area contributed by atoms with Gasteiger partial charge < -0.3 is 15.4 Å². The molecule has 0 saturated carbocycles. The third-order valence-electron chi connectivity index (χ3n) is 4.57. The highest BCUT2D eigenvalue weighted by atomic mass is 35.5. The van der Waals surface area contributed by atoms with E-state index in [0.717, 1.165) is 17.8 Å². The molecular formula is C22H16ClF3N6O2. The summed E-state index contributed by atoms with van der Waals surface area (Å²) in [4.78, 5) is 20.6. The fourth-order valence-corrected chi connectivity index (χ4v) is 3.26. The summed E-state index contributed by atoms with van der Waals surface area (Å²) in [6.45, 7) is 0. The van der Waals surface area contributed by atoms with E-state index in [1.165, 1.54) is 18.5 Å². The molecule has 0 aliphatic rings. The number of carbonyl (C=O) groups excluding carboxylic acids is 1. The second-order valence-electron chi connectivity index (χ2n) is 6.98. The number of carbonyl (C=O) groups is 1. The number of urea groups is 1. The zero-order valence-electron chi connectivity index (χ0n) is 17.5. The monoisotopic (exact) mass is 488 g/mol. The van der Waals surface area contributed by atoms with E-state index in [-0.39, 0.29) is 11.6 Å². The van der Waals surface area contributed by atoms with Gasteiger partial charge >= 0.3 is 12.2 Å². The Hall–Kier alpha value is -4.12. The lowest BCUT2D eigenvalue weighted by molar-refractivity contribution is -0.137. The lowest BCUT2D eigenvalue weighted by Gasteiger charge is -2.13. The van der Waals surface area contributed by atoms with Crippen LogP contribution < -0.4 is 15.4 Å². The first kappa shape index (κ1) is 23.1. The first-order chi connectivity index (χ1) is 16.2. The zero-order chi connectivity index (χ0) is 24.3. The summed E-state index contributed by atoms with van der Waals surface area (Å²) in [5.41, 5.74) is 0.624. The highest BCUT2D eigenvalue weighted by molar-refractivity contribution is 6.31. The van der Waals surface area contributed by atoms with Crippen LogP contribution in [0.1, 0.15) is 5.56 Å². The van der Waals surface area contributed by atoms with E-state index in [2.05, 4.69) is 25.7 Å². The number of anilines is 2. The Morgan fingerprint density at radius 3 is 2.50 bits per heavy atom. The fraction of sp³-hybridized carbons (Fsp3) is 0.0909. The Morgan fingerprint density at radius 1 is 1.03 bits per heavy atom. The SMILES string of the molecule is Cn1nccc1-c1cc(Oc2cccc(NC(=O)Nc3ccc(Cl)c(C(F)(F)F)c3)c2)ncn1. The topological polar surface area (TPSA) is 94.0 Å². The molecule has 2 N–H and O–H groups in total. The number of nitrogens with zero attached hydrogens (tertiary/aromatic N) is 4. The van der Waals surface area contributed by atoms with Gasteiger partial charge in [-0.3, -0.25) is 4.68 Å². The lowest BCUT2D eigenvalue weighted by atomic mass is 10.2. The average molecular weight is 489 g/mol. The Balaban J connectivity index is 1.44. The molecule has 4 rings (SSSR count). The summed E-state index contributed by atoms with van der Waals surface area (Å²) in [7, 11) is 1.78. The molecule has 174 valence electrons. The number of halogens is 4. The van der Waals surface area contributed by atoms with E-state index < -0.39 is 22.8 Å². The van der Waals surface area contributed by atoms with Crippen LogP contribution in [0.15, 0.2) is 67.1 Å². The molecule has 0 unspecified atom stereocenters. The first-order valence-electron chi connectivity index (χ1n) is 9.72. The number of hydrogen-bond donors (Lipinski definition) is 2. The van der Waals surface area contributed by atoms with E-state index in [1.54, 1.807) is 48.3 Å². The van der Waals surface area contributed by atoms with Crippen LogP contribution >= 0.6 is 11.6 Å². The van der Waals surface area contributed by atoms with E-state index in [9.17, 15) is 18.0 Å². The van der Waals surface area contributed by atoms with Crippen molar-refractivity contribution in [3.63, 3.8) is 0 Å². The summed E-state index contributed by atoms with van der Waals surface area (Å²) in [6, 6.07) is 12.2. The van der Waals surface area contributed by atoms with E-state index in [4.69, 9.17) is 16.3 Å². The molecule has 2 amide bonds. The third-order valence-corrected chi connectivity index (χ3v) is 4.90. The van der Waals surface area contributed by atoms with Crippen LogP contribution in [0.25, 0.3) is 11.4 Å². The number of ether oxygens (including phenoxy) is 1. The summed E-state index contributed by atoms with van der Waals surface area (Å²) in [6.07, 6.45) is -1.64. The van der Waals surface area contributed by atoms with Crippen LogP contribution in [0.4, 0.5) is 29.3 Å². The largest absolute Gasteiger partial charge is 0.439 e. The van der Waals surface area contributed by atoms with Gasteiger partial charge in [0.1, 0.15) is 12.1 Å². The standard InChI is InChI=1S/C22H16ClF3N6O2/c1-32-19(7-8-29-32)18-11-20(28-12-27-18)34-15-4-2-3-13(9-15)30-21(33)31-14-5-6-17(23)16(10-14)22(24,25)26/h2-12H,1H3,(H2,30,31,33). The van der Waals surface area contributed by atoms with E-state index in [0.29, 0.717) is 17.1 Å². The maximum atomic E-state index is 13.0. The molecule has 0 fully saturated rings. The van der Waals surface area contributed by atoms with Crippen LogP contribution in [0.3, 0.4) is 0 Å². The molecule has 0 saturated heterocycles. The fourth-order valence-electron chi connectivity index (χ4n) is 3.03. The van der Waals surface area contributed by atoms with Gasteiger partial charge in [0.2, 0.25) is 5.88 Å². The van der Waals surface area contributed by atoms with Crippen LogP contribution in [-0.2, 0) is 13.2 Å². The van der Waals surface area contributed by atoms with Gasteiger partial charge in [0, 0.05) is 36.8 Å². The Bertz CT molecular complexity index is 1340. The highest BCUT2D eigenvalue weighted by Crippen LogP contribution is 2.36. The number of aryl methyl sites for hydroxylation is 1. The second-order valence-corrected chi connectivity index (χ2v) is 7.39. The Kier molecular flexibility index (Phi) is 6.37. The smallest absolute Gasteiger partial charge is 0.417 e. The van der Waals surface area contributed by atoms with Crippen molar-refractivity contribution < 1.29 is 22.7 Å². The maximum absolute atomic E-state index is 13.0. The molecule has 2 aromatic carbocycles. The molecule has 2 aromatic heterocycles. The third kappa shape index (κ3) is 5.44. The molecule has 4 aromatic rings. The lowest BCUT2D eigenvalue weighted by Crippen LogP contribution is -2.20. The van der Waals surface area contributed by atoms with Gasteiger partial charge in [0.05, 0.1) is 22.0 Å². The number of alkyl halides is 3. The van der Waals surface area contributed by atoms with Crippen LogP contribution in [0.5, 0.6) is 11.6 Å². The minimum absolute atomic E-state index is 0.0645. The van der Waals surface area contributed by atoms with E-state index in [1.807, 2.05) is 0 Å². The number of rotatable bonds is 5. The average Bonchev–Trinajstić information content (AvgIpc) is 3.20. The van der Waals surface area contributed by atoms with E-state index >= 15 is 0 Å². The van der Waals surface area contributed by atoms with Crippen LogP contribution in [0.2, 0.25) is 5.02 Å². The van der Waals surface area contributed by atoms with Gasteiger partial charge in [-0.25, -0.2) is 14.8 Å². The highest BCUT2D eigenvalue weighted by Gasteiger charge is 2.33. The molecule has 0 bridgehead atoms. The Morgan fingerprint density at radius 2 is 1.79 bits per heavy atom. The quantitative estimate of drug-likeness (QED) is 0.360. The normalized spacial score (nSPS) is 11.2. The van der Waals surface area contributed by atoms with Crippen molar-refractivity contribution in [2.45, 2.75) is 6.18 Å². The number of nitrogens with one attached hydrogen (secondary N) is 2. The van der Waals surface area contributed by atoms with Crippen molar-refractivity contribution in [2.75, 3.05) is 10.6 Å². The molecule has 2 heterocycles. The predicted molar refractivity (Wildman–Crippen MR) is 120 cm³/mol. The molecule has 0 spiro atoms. The second kappa shape index (κ2) is 9.40. The number of aromatic nitrogens is 4. The van der Waals surface area contributed by atoms with Crippen molar-refractivity contribution in [2.24, 2.45) is 7.05 Å². The first-order valence-corrected chi connectivity index (χ1v) is 10.1. The summed E-state index contributed by atoms with van der Waals surface area (Å²) < 4.78 is 46.5. The molecule has 0 aliphatic carbocycles. The summed E-state index contributed by atoms with van der Waals surface area (Å²) >= 11 is 5.60. The molecule has 0 radical (unpaired) electrons. The number of amides is 2. The van der Waals surface area contributed by atoms with Crippen LogP contribution in [0, 0.1) is 0 Å². The van der Waals surface area contributed by atoms with Gasteiger partial charge in [-0.15, -0.1) is 0 Å². The van der Waals surface area contributed by atoms with Crippen LogP contribution in [-0.4, -0.2) is 25.8 Å². The Labute approximate surface area is 196 Å². The predicted octanol–water partition coefficient (Wildman–Crippen LogP) is 5.99. The molecule has 0 aliphatic heterocycles. The summed E-state index contributed by atoms with van der Waals surface area (Å²) in [5, 5.41) is 8.54. The molecular weight excluding hydrogens is 473 g/mol. The molecule has 8 nitrogen and oxygen atoms in total. The zero-order valence-corrected chi connectivity index (χ0v) is 18.2. The molecule has 12 heteroatoms. The minimum Gasteiger partial charge on any atom is -0.439 e. The van der Waals surface area contributed by atoms with Crippen molar-refractivity contribution in [3.05, 3.63) is 77.7 Å². The van der Waals surface area contributed by atoms with Crippen molar-refractivity contribution >= 4 is 29.0 Å². The van der Waals surface area contributed by atoms with Crippen molar-refractivity contribution in [1.29, 1.82) is 0 Å². The molecule has 34 heavy (non-hydrogen) atoms. The minimum atomic E-state index is -4.64. The van der Waals surface area contributed by atoms with Gasteiger partial charge in [-0.1, -0.05) is 17.7 Å². The number of hydrogen-bond acceptors (Lipinski definition) is 5.